The highest BCUT2D eigenvalue weighted by atomic mass is 32.2. The SMILES string of the molecule is BC(C)CCCCC1CSC(C)=C1C. The molecule has 80 valence electrons. The zero-order valence-electron chi connectivity index (χ0n) is 10.1. The van der Waals surface area contributed by atoms with E-state index in [0.29, 0.717) is 0 Å². The average molecular weight is 210 g/mol. The third-order valence-electron chi connectivity index (χ3n) is 3.25. The zero-order valence-corrected chi connectivity index (χ0v) is 10.9. The van der Waals surface area contributed by atoms with Crippen molar-refractivity contribution in [1.29, 1.82) is 0 Å². The summed E-state index contributed by atoms with van der Waals surface area (Å²) in [6.07, 6.45) is 5.67. The summed E-state index contributed by atoms with van der Waals surface area (Å²) in [5.41, 5.74) is 1.67. The molecule has 0 aromatic rings. The van der Waals surface area contributed by atoms with E-state index in [-0.39, 0.29) is 0 Å². The number of hydrogen-bond acceptors (Lipinski definition) is 1. The van der Waals surface area contributed by atoms with E-state index in [4.69, 9.17) is 0 Å². The summed E-state index contributed by atoms with van der Waals surface area (Å²) in [5, 5.41) is 0. The molecule has 0 amide bonds. The molecule has 0 aromatic carbocycles. The van der Waals surface area contributed by atoms with Crippen LogP contribution < -0.4 is 0 Å². The molecular formula is C12H23BS. The maximum atomic E-state index is 2.32. The van der Waals surface area contributed by atoms with Gasteiger partial charge >= 0.3 is 0 Å². The molecule has 0 radical (unpaired) electrons. The van der Waals surface area contributed by atoms with Gasteiger partial charge in [0.05, 0.1) is 0 Å². The fraction of sp³-hybridized carbons (Fsp3) is 0.833. The van der Waals surface area contributed by atoms with Crippen LogP contribution >= 0.6 is 11.8 Å². The van der Waals surface area contributed by atoms with Crippen LogP contribution in [0.25, 0.3) is 0 Å². The first-order valence-electron chi connectivity index (χ1n) is 5.91. The minimum absolute atomic E-state index is 0.881. The number of unbranched alkanes of at least 4 members (excludes halogenated alkanes) is 1. The van der Waals surface area contributed by atoms with Crippen LogP contribution in [0.4, 0.5) is 0 Å². The van der Waals surface area contributed by atoms with E-state index >= 15 is 0 Å². The molecule has 0 fully saturated rings. The van der Waals surface area contributed by atoms with Crippen LogP contribution in [0, 0.1) is 5.92 Å². The Balaban J connectivity index is 2.14. The molecule has 1 aliphatic heterocycles. The van der Waals surface area contributed by atoms with Crippen molar-refractivity contribution >= 4 is 19.6 Å². The number of thioether (sulfide) groups is 1. The molecule has 2 unspecified atom stereocenters. The normalized spacial score (nSPS) is 24.4. The second kappa shape index (κ2) is 5.90. The third kappa shape index (κ3) is 3.72. The van der Waals surface area contributed by atoms with E-state index in [2.05, 4.69) is 40.4 Å². The van der Waals surface area contributed by atoms with Crippen LogP contribution in [0.5, 0.6) is 0 Å². The molecule has 0 nitrogen and oxygen atoms in total. The van der Waals surface area contributed by atoms with Crippen molar-refractivity contribution in [3.8, 4) is 0 Å². The van der Waals surface area contributed by atoms with E-state index in [1.807, 2.05) is 0 Å². The maximum absolute atomic E-state index is 2.32. The third-order valence-corrected chi connectivity index (χ3v) is 4.58. The Kier molecular flexibility index (Phi) is 5.15. The predicted molar refractivity (Wildman–Crippen MR) is 70.8 cm³/mol. The van der Waals surface area contributed by atoms with E-state index in [1.54, 1.807) is 10.5 Å². The van der Waals surface area contributed by atoms with Gasteiger partial charge in [0.25, 0.3) is 0 Å². The molecule has 1 rings (SSSR count). The van der Waals surface area contributed by atoms with Gasteiger partial charge in [-0.15, -0.1) is 11.8 Å². The van der Waals surface area contributed by atoms with Crippen molar-refractivity contribution < 1.29 is 0 Å². The summed E-state index contributed by atoms with van der Waals surface area (Å²) >= 11 is 2.06. The van der Waals surface area contributed by atoms with Gasteiger partial charge in [-0.3, -0.25) is 0 Å². The van der Waals surface area contributed by atoms with Crippen molar-refractivity contribution in [2.45, 2.75) is 52.3 Å². The van der Waals surface area contributed by atoms with Crippen molar-refractivity contribution in [2.75, 3.05) is 5.75 Å². The Labute approximate surface area is 94.3 Å². The monoisotopic (exact) mass is 210 g/mol. The molecular weight excluding hydrogens is 187 g/mol. The van der Waals surface area contributed by atoms with Crippen molar-refractivity contribution in [1.82, 2.24) is 0 Å². The molecule has 2 heteroatoms. The maximum Gasteiger partial charge on any atom is 0.105 e. The predicted octanol–water partition coefficient (Wildman–Crippen LogP) is 3.65. The Morgan fingerprint density at radius 2 is 2.14 bits per heavy atom. The fourth-order valence-corrected chi connectivity index (χ4v) is 3.26. The summed E-state index contributed by atoms with van der Waals surface area (Å²) in [7, 11) is 2.32. The lowest BCUT2D eigenvalue weighted by Crippen LogP contribution is -2.01. The summed E-state index contributed by atoms with van der Waals surface area (Å²) in [4.78, 5) is 1.58. The lowest BCUT2D eigenvalue weighted by Gasteiger charge is -2.11. The van der Waals surface area contributed by atoms with E-state index in [1.165, 1.54) is 31.4 Å². The summed E-state index contributed by atoms with van der Waals surface area (Å²) in [6, 6.07) is 0. The minimum atomic E-state index is 0.881. The number of rotatable bonds is 5. The second-order valence-corrected chi connectivity index (χ2v) is 6.16. The molecule has 0 bridgehead atoms. The van der Waals surface area contributed by atoms with Crippen molar-refractivity contribution in [2.24, 2.45) is 5.92 Å². The van der Waals surface area contributed by atoms with Gasteiger partial charge in [0.2, 0.25) is 0 Å². The van der Waals surface area contributed by atoms with Crippen LogP contribution in [-0.4, -0.2) is 13.6 Å². The van der Waals surface area contributed by atoms with Crippen LogP contribution in [0.1, 0.15) is 46.5 Å². The molecule has 0 aromatic heterocycles. The quantitative estimate of drug-likeness (QED) is 0.493. The number of allylic oxidation sites excluding steroid dienone is 2. The van der Waals surface area contributed by atoms with E-state index in [9.17, 15) is 0 Å². The van der Waals surface area contributed by atoms with Crippen LogP contribution in [0.15, 0.2) is 10.5 Å². The standard InChI is InChI=1S/C12H23BS/c1-9(13)6-4-5-7-12-8-14-11(3)10(12)2/h9,12H,4-8,13H2,1-3H3. The molecule has 0 N–H and O–H groups in total. The average Bonchev–Trinajstić information content (AvgIpc) is 2.43. The molecule has 14 heavy (non-hydrogen) atoms. The van der Waals surface area contributed by atoms with E-state index in [0.717, 1.165) is 11.7 Å². The Bertz CT molecular complexity index is 208. The Morgan fingerprint density at radius 3 is 2.64 bits per heavy atom. The molecule has 1 heterocycles. The lowest BCUT2D eigenvalue weighted by molar-refractivity contribution is 0.551. The summed E-state index contributed by atoms with van der Waals surface area (Å²) < 4.78 is 0. The summed E-state index contributed by atoms with van der Waals surface area (Å²) in [6.45, 7) is 6.91. The molecule has 0 aliphatic carbocycles. The van der Waals surface area contributed by atoms with Gasteiger partial charge in [0, 0.05) is 5.75 Å². The lowest BCUT2D eigenvalue weighted by atomic mass is 9.84. The van der Waals surface area contributed by atoms with Gasteiger partial charge in [0.1, 0.15) is 7.85 Å². The van der Waals surface area contributed by atoms with Gasteiger partial charge in [-0.2, -0.15) is 0 Å². The molecule has 0 saturated carbocycles. The molecule has 1 aliphatic rings. The highest BCUT2D eigenvalue weighted by Gasteiger charge is 2.19. The zero-order chi connectivity index (χ0) is 10.6. The Hall–Kier alpha value is 0.155. The smallest absolute Gasteiger partial charge is 0.105 e. The first-order valence-corrected chi connectivity index (χ1v) is 6.90. The molecule has 0 spiro atoms. The molecule has 2 atom stereocenters. The second-order valence-electron chi connectivity index (χ2n) is 4.93. The number of hydrogen-bond donors (Lipinski definition) is 0. The first-order chi connectivity index (χ1) is 6.61. The van der Waals surface area contributed by atoms with Gasteiger partial charge in [-0.05, 0) is 31.1 Å². The largest absolute Gasteiger partial charge is 0.130 e. The Morgan fingerprint density at radius 1 is 1.43 bits per heavy atom. The highest BCUT2D eigenvalue weighted by Crippen LogP contribution is 2.37. The molecule has 0 saturated heterocycles. The minimum Gasteiger partial charge on any atom is -0.130 e. The van der Waals surface area contributed by atoms with Gasteiger partial charge in [-0.25, -0.2) is 0 Å². The van der Waals surface area contributed by atoms with E-state index < -0.39 is 0 Å². The van der Waals surface area contributed by atoms with Crippen LogP contribution in [0.3, 0.4) is 0 Å². The van der Waals surface area contributed by atoms with Crippen LogP contribution in [0.2, 0.25) is 5.82 Å². The highest BCUT2D eigenvalue weighted by molar-refractivity contribution is 8.03. The van der Waals surface area contributed by atoms with Crippen molar-refractivity contribution in [3.05, 3.63) is 10.5 Å². The van der Waals surface area contributed by atoms with Gasteiger partial charge in [0.15, 0.2) is 0 Å². The van der Waals surface area contributed by atoms with Crippen molar-refractivity contribution in [3.63, 3.8) is 0 Å². The summed E-state index contributed by atoms with van der Waals surface area (Å²) in [5.74, 6) is 3.12. The van der Waals surface area contributed by atoms with Gasteiger partial charge < -0.3 is 0 Å². The fourth-order valence-electron chi connectivity index (χ4n) is 2.00. The van der Waals surface area contributed by atoms with Crippen LogP contribution in [-0.2, 0) is 0 Å². The first kappa shape index (κ1) is 12.2. The van der Waals surface area contributed by atoms with Gasteiger partial charge in [-0.1, -0.05) is 37.6 Å². The topological polar surface area (TPSA) is 0 Å².